The summed E-state index contributed by atoms with van der Waals surface area (Å²) >= 11 is 0. The summed E-state index contributed by atoms with van der Waals surface area (Å²) in [5, 5.41) is 0. The van der Waals surface area contributed by atoms with Crippen molar-refractivity contribution in [3.05, 3.63) is 102 Å². The van der Waals surface area contributed by atoms with Crippen LogP contribution in [0.3, 0.4) is 0 Å². The lowest BCUT2D eigenvalue weighted by atomic mass is 9.99. The van der Waals surface area contributed by atoms with E-state index in [0.717, 1.165) is 23.2 Å². The van der Waals surface area contributed by atoms with Crippen LogP contribution in [0.15, 0.2) is 84.9 Å². The van der Waals surface area contributed by atoms with Crippen LogP contribution in [0, 0.1) is 0 Å². The average molecular weight is 301 g/mol. The largest absolute Gasteiger partial charge is 0.311 e. The van der Waals surface area contributed by atoms with Crippen molar-refractivity contribution in [1.82, 2.24) is 0 Å². The Kier molecular flexibility index (Phi) is 4.53. The van der Waals surface area contributed by atoms with Crippen LogP contribution in [0.25, 0.3) is 0 Å². The fourth-order valence-corrected chi connectivity index (χ4v) is 2.65. The van der Waals surface area contributed by atoms with Crippen LogP contribution in [0.2, 0.25) is 0 Å². The number of benzene rings is 3. The Hall–Kier alpha value is -2.87. The molecule has 1 amide bonds. The molecule has 0 fully saturated rings. The number of carbonyl (C=O) groups is 1. The summed E-state index contributed by atoms with van der Waals surface area (Å²) in [5.41, 5.74) is 3.90. The predicted molar refractivity (Wildman–Crippen MR) is 94.9 cm³/mol. The van der Waals surface area contributed by atoms with Crippen LogP contribution in [-0.2, 0) is 6.42 Å². The highest BCUT2D eigenvalue weighted by Gasteiger charge is 2.16. The molecule has 0 bridgehead atoms. The normalized spacial score (nSPS) is 10.3. The van der Waals surface area contributed by atoms with Crippen molar-refractivity contribution < 1.29 is 4.79 Å². The van der Waals surface area contributed by atoms with Crippen LogP contribution in [0.4, 0.5) is 5.69 Å². The molecule has 114 valence electrons. The van der Waals surface area contributed by atoms with Gasteiger partial charge in [0.05, 0.1) is 0 Å². The van der Waals surface area contributed by atoms with Gasteiger partial charge in [0.1, 0.15) is 0 Å². The van der Waals surface area contributed by atoms with Crippen LogP contribution in [0.5, 0.6) is 0 Å². The summed E-state index contributed by atoms with van der Waals surface area (Å²) in [5.74, 6) is 0.0164. The minimum Gasteiger partial charge on any atom is -0.311 e. The monoisotopic (exact) mass is 301 g/mol. The summed E-state index contributed by atoms with van der Waals surface area (Å²) in [7, 11) is 1.82. The fourth-order valence-electron chi connectivity index (χ4n) is 2.65. The molecule has 3 aromatic rings. The van der Waals surface area contributed by atoms with Gasteiger partial charge in [-0.2, -0.15) is 0 Å². The number of amides is 1. The summed E-state index contributed by atoms with van der Waals surface area (Å²) in [6.45, 7) is 0. The van der Waals surface area contributed by atoms with E-state index in [0.29, 0.717) is 0 Å². The van der Waals surface area contributed by atoms with Crippen LogP contribution in [0.1, 0.15) is 21.5 Å². The number of hydrogen-bond acceptors (Lipinski definition) is 1. The van der Waals surface area contributed by atoms with Crippen molar-refractivity contribution in [2.24, 2.45) is 0 Å². The molecule has 2 nitrogen and oxygen atoms in total. The predicted octanol–water partition coefficient (Wildman–Crippen LogP) is 4.55. The third-order valence-corrected chi connectivity index (χ3v) is 3.93. The van der Waals surface area contributed by atoms with Gasteiger partial charge in [-0.15, -0.1) is 0 Å². The van der Waals surface area contributed by atoms with E-state index in [1.807, 2.05) is 79.8 Å². The quantitative estimate of drug-likeness (QED) is 0.692. The number of hydrogen-bond donors (Lipinski definition) is 0. The second-order valence-corrected chi connectivity index (χ2v) is 5.52. The van der Waals surface area contributed by atoms with Gasteiger partial charge in [0.15, 0.2) is 0 Å². The molecule has 0 atom stereocenters. The standard InChI is InChI=1S/C21H19NO/c1-22(19-13-6-3-7-14-19)21(23)20-15-9-8-12-18(20)16-17-10-4-2-5-11-17/h2-15H,16H2,1H3. The van der Waals surface area contributed by atoms with Gasteiger partial charge in [-0.3, -0.25) is 4.79 Å². The number of rotatable bonds is 4. The molecule has 23 heavy (non-hydrogen) atoms. The lowest BCUT2D eigenvalue weighted by Gasteiger charge is -2.19. The Morgan fingerprint density at radius 2 is 1.35 bits per heavy atom. The number of nitrogens with zero attached hydrogens (tertiary/aromatic N) is 1. The highest BCUT2D eigenvalue weighted by molar-refractivity contribution is 6.06. The first-order valence-electron chi connectivity index (χ1n) is 7.70. The van der Waals surface area contributed by atoms with Gasteiger partial charge >= 0.3 is 0 Å². The van der Waals surface area contributed by atoms with Crippen molar-refractivity contribution in [2.75, 3.05) is 11.9 Å². The smallest absolute Gasteiger partial charge is 0.258 e. The molecule has 0 N–H and O–H groups in total. The Bertz CT molecular complexity index is 781. The van der Waals surface area contributed by atoms with Crippen LogP contribution in [-0.4, -0.2) is 13.0 Å². The van der Waals surface area contributed by atoms with Crippen LogP contribution < -0.4 is 4.90 Å². The molecule has 0 spiro atoms. The Balaban J connectivity index is 1.89. The first-order valence-corrected chi connectivity index (χ1v) is 7.70. The Morgan fingerprint density at radius 1 is 0.783 bits per heavy atom. The van der Waals surface area contributed by atoms with E-state index in [1.165, 1.54) is 5.56 Å². The van der Waals surface area contributed by atoms with Gasteiger partial charge < -0.3 is 4.90 Å². The summed E-state index contributed by atoms with van der Waals surface area (Å²) in [6, 6.07) is 27.8. The van der Waals surface area contributed by atoms with E-state index < -0.39 is 0 Å². The second kappa shape index (κ2) is 6.93. The molecule has 0 heterocycles. The third-order valence-electron chi connectivity index (χ3n) is 3.93. The van der Waals surface area contributed by atoms with E-state index in [-0.39, 0.29) is 5.91 Å². The van der Waals surface area contributed by atoms with E-state index in [1.54, 1.807) is 4.90 Å². The second-order valence-electron chi connectivity index (χ2n) is 5.52. The van der Waals surface area contributed by atoms with E-state index in [2.05, 4.69) is 12.1 Å². The highest BCUT2D eigenvalue weighted by atomic mass is 16.2. The molecule has 0 aliphatic carbocycles. The summed E-state index contributed by atoms with van der Waals surface area (Å²) in [4.78, 5) is 14.6. The lowest BCUT2D eigenvalue weighted by Crippen LogP contribution is -2.27. The van der Waals surface area contributed by atoms with Crippen molar-refractivity contribution in [3.63, 3.8) is 0 Å². The zero-order chi connectivity index (χ0) is 16.1. The SMILES string of the molecule is CN(C(=O)c1ccccc1Cc1ccccc1)c1ccccc1. The minimum atomic E-state index is 0.0164. The Labute approximate surface area is 137 Å². The fraction of sp³-hybridized carbons (Fsp3) is 0.0952. The maximum atomic E-state index is 12.9. The third kappa shape index (κ3) is 3.49. The zero-order valence-corrected chi connectivity index (χ0v) is 13.1. The van der Waals surface area contributed by atoms with Gasteiger partial charge in [0.2, 0.25) is 0 Å². The topological polar surface area (TPSA) is 20.3 Å². The lowest BCUT2D eigenvalue weighted by molar-refractivity contribution is 0.0992. The molecule has 2 heteroatoms. The molecule has 0 saturated heterocycles. The highest BCUT2D eigenvalue weighted by Crippen LogP contribution is 2.19. The van der Waals surface area contributed by atoms with E-state index in [9.17, 15) is 4.79 Å². The molecule has 0 aliphatic heterocycles. The van der Waals surface area contributed by atoms with Crippen molar-refractivity contribution >= 4 is 11.6 Å². The molecular formula is C21H19NO. The van der Waals surface area contributed by atoms with Crippen molar-refractivity contribution in [3.8, 4) is 0 Å². The Morgan fingerprint density at radius 3 is 2.04 bits per heavy atom. The first kappa shape index (κ1) is 15.0. The van der Waals surface area contributed by atoms with Gasteiger partial charge in [-0.25, -0.2) is 0 Å². The molecule has 0 radical (unpaired) electrons. The molecule has 3 aromatic carbocycles. The summed E-state index contributed by atoms with van der Waals surface area (Å²) in [6.07, 6.45) is 0.755. The van der Waals surface area contributed by atoms with Gasteiger partial charge in [-0.05, 0) is 35.7 Å². The van der Waals surface area contributed by atoms with E-state index in [4.69, 9.17) is 0 Å². The van der Waals surface area contributed by atoms with Crippen molar-refractivity contribution in [1.29, 1.82) is 0 Å². The van der Waals surface area contributed by atoms with Gasteiger partial charge in [-0.1, -0.05) is 66.7 Å². The molecular weight excluding hydrogens is 282 g/mol. The molecule has 3 rings (SSSR count). The average Bonchev–Trinajstić information content (AvgIpc) is 2.62. The molecule has 0 aliphatic rings. The van der Waals surface area contributed by atoms with Gasteiger partial charge in [0.25, 0.3) is 5.91 Å². The number of carbonyl (C=O) groups excluding carboxylic acids is 1. The number of anilines is 1. The molecule has 0 unspecified atom stereocenters. The maximum absolute atomic E-state index is 12.9. The van der Waals surface area contributed by atoms with Crippen LogP contribution >= 0.6 is 0 Å². The van der Waals surface area contributed by atoms with Gasteiger partial charge in [0, 0.05) is 18.3 Å². The maximum Gasteiger partial charge on any atom is 0.258 e. The van der Waals surface area contributed by atoms with E-state index >= 15 is 0 Å². The van der Waals surface area contributed by atoms with Crippen molar-refractivity contribution in [2.45, 2.75) is 6.42 Å². The zero-order valence-electron chi connectivity index (χ0n) is 13.1. The molecule has 0 saturated carbocycles. The molecule has 0 aromatic heterocycles. The number of para-hydroxylation sites is 1. The minimum absolute atomic E-state index is 0.0164. The first-order chi connectivity index (χ1) is 11.3. The summed E-state index contributed by atoms with van der Waals surface area (Å²) < 4.78 is 0.